The number of nitrogens with one attached hydrogen (secondary N) is 3. The lowest BCUT2D eigenvalue weighted by Crippen LogP contribution is -2.58. The molecule has 0 saturated heterocycles. The number of carboxylic acids is 2. The van der Waals surface area contributed by atoms with E-state index in [9.17, 15) is 33.9 Å². The van der Waals surface area contributed by atoms with Gasteiger partial charge < -0.3 is 42.7 Å². The molecule has 0 aliphatic carbocycles. The van der Waals surface area contributed by atoms with E-state index in [4.69, 9.17) is 21.7 Å². The fraction of sp³-hybridized carbons (Fsp3) is 0.400. The number of hydrogen-bond donors (Lipinski definition) is 8. The number of aliphatic carboxylic acids is 2. The maximum Gasteiger partial charge on any atom is 0.326 e. The Morgan fingerprint density at radius 3 is 1.82 bits per heavy atom. The minimum Gasteiger partial charge on any atom is -0.481 e. The van der Waals surface area contributed by atoms with Crippen LogP contribution in [0.5, 0.6) is 0 Å². The molecule has 0 radical (unpaired) electrons. The Hall–Kier alpha value is -4.04. The van der Waals surface area contributed by atoms with Crippen LogP contribution in [0.15, 0.2) is 30.3 Å². The van der Waals surface area contributed by atoms with Crippen molar-refractivity contribution in [1.82, 2.24) is 16.0 Å². The Morgan fingerprint density at radius 2 is 1.32 bits per heavy atom. The van der Waals surface area contributed by atoms with Gasteiger partial charge in [-0.25, -0.2) is 4.79 Å². The van der Waals surface area contributed by atoms with E-state index in [1.807, 2.05) is 5.32 Å². The second-order valence-corrected chi connectivity index (χ2v) is 7.27. The van der Waals surface area contributed by atoms with Gasteiger partial charge in [0.1, 0.15) is 18.1 Å². The number of nitrogens with two attached hydrogens (primary N) is 2. The van der Waals surface area contributed by atoms with Crippen molar-refractivity contribution in [1.29, 1.82) is 0 Å². The van der Waals surface area contributed by atoms with Gasteiger partial charge in [-0.05, 0) is 5.56 Å². The molecule has 0 aromatic heterocycles. The minimum absolute atomic E-state index is 0.0573. The molecule has 4 atom stereocenters. The summed E-state index contributed by atoms with van der Waals surface area (Å²) in [4.78, 5) is 70.5. The summed E-state index contributed by atoms with van der Waals surface area (Å²) in [7, 11) is 0. The second kappa shape index (κ2) is 13.5. The van der Waals surface area contributed by atoms with Gasteiger partial charge in [0, 0.05) is 6.42 Å². The number of carbonyl (C=O) groups is 6. The standard InChI is InChI=1S/C20H27N5O9/c21-11(7-15(22)27)17(30)23-12(6-10-4-2-1-3-5-10)18(31)25-14(9-26)19(32)24-13(20(33)34)8-16(28)29/h1-5,11-14,26H,6-9,21H2,(H2,22,27)(H,23,30)(H,24,32)(H,25,31)(H,28,29)(H,33,34). The van der Waals surface area contributed by atoms with Gasteiger partial charge in [-0.15, -0.1) is 0 Å². The summed E-state index contributed by atoms with van der Waals surface area (Å²) >= 11 is 0. The Bertz CT molecular complexity index is 909. The monoisotopic (exact) mass is 481 g/mol. The van der Waals surface area contributed by atoms with Crippen LogP contribution in [-0.4, -0.2) is 81.7 Å². The summed E-state index contributed by atoms with van der Waals surface area (Å²) in [6.07, 6.45) is -1.47. The highest BCUT2D eigenvalue weighted by Gasteiger charge is 2.31. The highest BCUT2D eigenvalue weighted by molar-refractivity contribution is 5.95. The quantitative estimate of drug-likeness (QED) is 0.130. The van der Waals surface area contributed by atoms with Gasteiger partial charge in [0.2, 0.25) is 23.6 Å². The predicted molar refractivity (Wildman–Crippen MR) is 115 cm³/mol. The molecular weight excluding hydrogens is 454 g/mol. The number of aliphatic hydroxyl groups is 1. The number of carboxylic acid groups (broad SMARTS) is 2. The molecular formula is C20H27N5O9. The third-order valence-electron chi connectivity index (χ3n) is 4.48. The summed E-state index contributed by atoms with van der Waals surface area (Å²) < 4.78 is 0. The van der Waals surface area contributed by atoms with Gasteiger partial charge in [0.05, 0.1) is 25.5 Å². The first-order chi connectivity index (χ1) is 15.9. The Balaban J connectivity index is 2.99. The zero-order valence-electron chi connectivity index (χ0n) is 18.0. The topological polar surface area (TPSA) is 251 Å². The van der Waals surface area contributed by atoms with Crippen molar-refractivity contribution >= 4 is 35.6 Å². The Kier molecular flexibility index (Phi) is 11.1. The molecule has 0 aliphatic rings. The molecule has 0 saturated carbocycles. The normalized spacial score (nSPS) is 14.1. The fourth-order valence-electron chi connectivity index (χ4n) is 2.76. The van der Waals surface area contributed by atoms with E-state index in [2.05, 4.69) is 10.6 Å². The van der Waals surface area contributed by atoms with Crippen LogP contribution in [-0.2, 0) is 35.2 Å². The summed E-state index contributed by atoms with van der Waals surface area (Å²) in [5.41, 5.74) is 11.2. The van der Waals surface area contributed by atoms with Gasteiger partial charge >= 0.3 is 11.9 Å². The maximum atomic E-state index is 12.8. The smallest absolute Gasteiger partial charge is 0.326 e. The van der Waals surface area contributed by atoms with Crippen LogP contribution in [0, 0.1) is 0 Å². The number of primary amides is 1. The first kappa shape index (κ1) is 28.0. The number of carbonyl (C=O) groups excluding carboxylic acids is 4. The van der Waals surface area contributed by atoms with Crippen LogP contribution >= 0.6 is 0 Å². The molecule has 0 heterocycles. The van der Waals surface area contributed by atoms with Crippen molar-refractivity contribution in [2.75, 3.05) is 6.61 Å². The second-order valence-electron chi connectivity index (χ2n) is 7.27. The average molecular weight is 481 g/mol. The van der Waals surface area contributed by atoms with E-state index < -0.39 is 79.2 Å². The van der Waals surface area contributed by atoms with Gasteiger partial charge in [0.25, 0.3) is 0 Å². The van der Waals surface area contributed by atoms with Gasteiger partial charge in [0.15, 0.2) is 0 Å². The van der Waals surface area contributed by atoms with Crippen LogP contribution in [0.4, 0.5) is 0 Å². The molecule has 0 fully saturated rings. The number of benzene rings is 1. The molecule has 1 aromatic carbocycles. The summed E-state index contributed by atoms with van der Waals surface area (Å²) in [6, 6.07) is 2.32. The molecule has 1 aromatic rings. The number of amides is 4. The van der Waals surface area contributed by atoms with Crippen molar-refractivity contribution in [3.05, 3.63) is 35.9 Å². The van der Waals surface area contributed by atoms with Gasteiger partial charge in [-0.2, -0.15) is 0 Å². The highest BCUT2D eigenvalue weighted by Crippen LogP contribution is 2.05. The molecule has 186 valence electrons. The van der Waals surface area contributed by atoms with Crippen LogP contribution < -0.4 is 27.4 Å². The molecule has 0 bridgehead atoms. The van der Waals surface area contributed by atoms with Gasteiger partial charge in [-0.3, -0.25) is 24.0 Å². The van der Waals surface area contributed by atoms with E-state index in [1.165, 1.54) is 0 Å². The van der Waals surface area contributed by atoms with Gasteiger partial charge in [-0.1, -0.05) is 30.3 Å². The zero-order chi connectivity index (χ0) is 25.8. The van der Waals surface area contributed by atoms with E-state index in [0.29, 0.717) is 5.56 Å². The number of hydrogen-bond acceptors (Lipinski definition) is 8. The largest absolute Gasteiger partial charge is 0.481 e. The van der Waals surface area contributed by atoms with Crippen LogP contribution in [0.2, 0.25) is 0 Å². The summed E-state index contributed by atoms with van der Waals surface area (Å²) in [5.74, 6) is -6.90. The van der Waals surface area contributed by atoms with Crippen LogP contribution in [0.1, 0.15) is 18.4 Å². The van der Waals surface area contributed by atoms with Crippen molar-refractivity contribution < 1.29 is 44.1 Å². The lowest BCUT2D eigenvalue weighted by Gasteiger charge is -2.24. The van der Waals surface area contributed by atoms with Crippen molar-refractivity contribution in [2.45, 2.75) is 43.4 Å². The third-order valence-corrected chi connectivity index (χ3v) is 4.48. The third kappa shape index (κ3) is 9.62. The highest BCUT2D eigenvalue weighted by atomic mass is 16.4. The van der Waals surface area contributed by atoms with Crippen molar-refractivity contribution in [3.63, 3.8) is 0 Å². The lowest BCUT2D eigenvalue weighted by molar-refractivity contribution is -0.147. The lowest BCUT2D eigenvalue weighted by atomic mass is 10.0. The number of aliphatic hydroxyl groups excluding tert-OH is 1. The molecule has 0 aliphatic heterocycles. The molecule has 14 nitrogen and oxygen atoms in total. The Labute approximate surface area is 193 Å². The minimum atomic E-state index is -1.80. The maximum absolute atomic E-state index is 12.8. The van der Waals surface area contributed by atoms with Crippen molar-refractivity contribution in [3.8, 4) is 0 Å². The molecule has 4 unspecified atom stereocenters. The SMILES string of the molecule is NC(=O)CC(N)C(=O)NC(Cc1ccccc1)C(=O)NC(CO)C(=O)NC(CC(=O)O)C(=O)O. The van der Waals surface area contributed by atoms with Crippen LogP contribution in [0.3, 0.4) is 0 Å². The van der Waals surface area contributed by atoms with Crippen molar-refractivity contribution in [2.24, 2.45) is 11.5 Å². The Morgan fingerprint density at radius 1 is 0.794 bits per heavy atom. The zero-order valence-corrected chi connectivity index (χ0v) is 18.0. The molecule has 1 rings (SSSR count). The average Bonchev–Trinajstić information content (AvgIpc) is 2.75. The fourth-order valence-corrected chi connectivity index (χ4v) is 2.76. The summed E-state index contributed by atoms with van der Waals surface area (Å²) in [5, 5.41) is 33.8. The first-order valence-corrected chi connectivity index (χ1v) is 9.99. The molecule has 10 N–H and O–H groups in total. The molecule has 4 amide bonds. The molecule has 14 heteroatoms. The van der Waals surface area contributed by atoms with E-state index in [-0.39, 0.29) is 6.42 Å². The van der Waals surface area contributed by atoms with Crippen LogP contribution in [0.25, 0.3) is 0 Å². The summed E-state index contributed by atoms with van der Waals surface area (Å²) in [6.45, 7) is -0.954. The molecule has 0 spiro atoms. The number of rotatable bonds is 14. The predicted octanol–water partition coefficient (Wildman–Crippen LogP) is -3.56. The van der Waals surface area contributed by atoms with E-state index in [0.717, 1.165) is 0 Å². The van der Waals surface area contributed by atoms with E-state index >= 15 is 0 Å². The van der Waals surface area contributed by atoms with E-state index in [1.54, 1.807) is 30.3 Å². The molecule has 34 heavy (non-hydrogen) atoms. The first-order valence-electron chi connectivity index (χ1n) is 9.99.